The Morgan fingerprint density at radius 3 is 1.64 bits per heavy atom. The molecule has 0 nitrogen and oxygen atoms in total. The van der Waals surface area contributed by atoms with Crippen molar-refractivity contribution in [3.8, 4) is 0 Å². The molecule has 84 valence electrons. The third-order valence-electron chi connectivity index (χ3n) is 4.53. The van der Waals surface area contributed by atoms with Gasteiger partial charge in [0, 0.05) is 0 Å². The summed E-state index contributed by atoms with van der Waals surface area (Å²) in [4.78, 5) is 0. The van der Waals surface area contributed by atoms with Crippen molar-refractivity contribution in [2.24, 2.45) is 11.3 Å². The summed E-state index contributed by atoms with van der Waals surface area (Å²) in [6.07, 6.45) is 13.3. The van der Waals surface area contributed by atoms with E-state index in [2.05, 4.69) is 20.8 Å². The van der Waals surface area contributed by atoms with Gasteiger partial charge in [-0.3, -0.25) is 0 Å². The lowest BCUT2D eigenvalue weighted by molar-refractivity contribution is 0.139. The standard InChI is InChI=1S/C14H28/c1-4-14(13(2)3)11-9-7-5-6-8-10-12-14/h13H,4-12H2,1-3H3. The van der Waals surface area contributed by atoms with Crippen molar-refractivity contribution in [3.05, 3.63) is 0 Å². The molecule has 0 bridgehead atoms. The predicted molar refractivity (Wildman–Crippen MR) is 64.5 cm³/mol. The average Bonchev–Trinajstić information content (AvgIpc) is 2.29. The van der Waals surface area contributed by atoms with E-state index in [4.69, 9.17) is 0 Å². The molecule has 0 heterocycles. The second-order valence-electron chi connectivity index (χ2n) is 5.49. The maximum absolute atomic E-state index is 2.43. The number of rotatable bonds is 2. The molecule has 1 aliphatic carbocycles. The van der Waals surface area contributed by atoms with Crippen LogP contribution in [0.2, 0.25) is 0 Å². The van der Waals surface area contributed by atoms with Crippen LogP contribution < -0.4 is 0 Å². The Morgan fingerprint density at radius 2 is 1.29 bits per heavy atom. The minimum atomic E-state index is 0.685. The van der Waals surface area contributed by atoms with Crippen LogP contribution in [0.5, 0.6) is 0 Å². The first-order valence-corrected chi connectivity index (χ1v) is 6.71. The van der Waals surface area contributed by atoms with Crippen molar-refractivity contribution in [2.75, 3.05) is 0 Å². The van der Waals surface area contributed by atoms with Crippen LogP contribution in [0.25, 0.3) is 0 Å². The van der Waals surface area contributed by atoms with Crippen LogP contribution in [0, 0.1) is 11.3 Å². The van der Waals surface area contributed by atoms with Crippen molar-refractivity contribution < 1.29 is 0 Å². The molecule has 0 aromatic rings. The fourth-order valence-electron chi connectivity index (χ4n) is 3.13. The molecule has 0 aromatic carbocycles. The smallest absolute Gasteiger partial charge is 0.0277 e. The molecule has 0 saturated heterocycles. The third kappa shape index (κ3) is 3.00. The van der Waals surface area contributed by atoms with E-state index in [1.54, 1.807) is 0 Å². The zero-order valence-corrected chi connectivity index (χ0v) is 10.4. The Bertz CT molecular complexity index is 136. The molecule has 14 heavy (non-hydrogen) atoms. The quantitative estimate of drug-likeness (QED) is 0.571. The minimum Gasteiger partial charge on any atom is -0.0648 e. The highest BCUT2D eigenvalue weighted by Gasteiger charge is 2.30. The lowest BCUT2D eigenvalue weighted by atomic mass is 9.68. The lowest BCUT2D eigenvalue weighted by Crippen LogP contribution is -2.26. The van der Waals surface area contributed by atoms with Gasteiger partial charge < -0.3 is 0 Å². The van der Waals surface area contributed by atoms with Gasteiger partial charge in [0.25, 0.3) is 0 Å². The van der Waals surface area contributed by atoms with Crippen LogP contribution in [0.3, 0.4) is 0 Å². The fraction of sp³-hybridized carbons (Fsp3) is 1.00. The van der Waals surface area contributed by atoms with Crippen LogP contribution in [0.15, 0.2) is 0 Å². The number of hydrogen-bond acceptors (Lipinski definition) is 0. The van der Waals surface area contributed by atoms with E-state index in [-0.39, 0.29) is 0 Å². The van der Waals surface area contributed by atoms with E-state index in [0.29, 0.717) is 5.41 Å². The van der Waals surface area contributed by atoms with E-state index in [1.165, 1.54) is 57.8 Å². The topological polar surface area (TPSA) is 0 Å². The molecule has 0 heteroatoms. The van der Waals surface area contributed by atoms with E-state index < -0.39 is 0 Å². The molecule has 1 aliphatic rings. The fourth-order valence-corrected chi connectivity index (χ4v) is 3.13. The van der Waals surface area contributed by atoms with Gasteiger partial charge in [-0.2, -0.15) is 0 Å². The minimum absolute atomic E-state index is 0.685. The normalized spacial score (nSPS) is 24.0. The highest BCUT2D eigenvalue weighted by Crippen LogP contribution is 2.42. The third-order valence-corrected chi connectivity index (χ3v) is 4.53. The summed E-state index contributed by atoms with van der Waals surface area (Å²) in [6.45, 7) is 7.26. The molecule has 0 aromatic heterocycles. The maximum atomic E-state index is 2.43. The summed E-state index contributed by atoms with van der Waals surface area (Å²) in [5, 5.41) is 0. The highest BCUT2D eigenvalue weighted by molar-refractivity contribution is 4.81. The molecule has 0 spiro atoms. The second kappa shape index (κ2) is 5.78. The molecule has 1 fully saturated rings. The monoisotopic (exact) mass is 196 g/mol. The van der Waals surface area contributed by atoms with E-state index in [1.807, 2.05) is 0 Å². The number of hydrogen-bond donors (Lipinski definition) is 0. The zero-order valence-electron chi connectivity index (χ0n) is 10.4. The van der Waals surface area contributed by atoms with Crippen molar-refractivity contribution in [2.45, 2.75) is 78.6 Å². The largest absolute Gasteiger partial charge is 0.0648 e. The molecule has 0 amide bonds. The van der Waals surface area contributed by atoms with E-state index in [9.17, 15) is 0 Å². The summed E-state index contributed by atoms with van der Waals surface area (Å²) >= 11 is 0. The van der Waals surface area contributed by atoms with Gasteiger partial charge in [-0.05, 0) is 24.2 Å². The summed E-state index contributed by atoms with van der Waals surface area (Å²) in [5.74, 6) is 0.880. The zero-order chi connectivity index (χ0) is 10.4. The lowest BCUT2D eigenvalue weighted by Gasteiger charge is -2.37. The Morgan fingerprint density at radius 1 is 0.857 bits per heavy atom. The van der Waals surface area contributed by atoms with Gasteiger partial charge in [-0.15, -0.1) is 0 Å². The molecule has 0 N–H and O–H groups in total. The van der Waals surface area contributed by atoms with E-state index in [0.717, 1.165) is 5.92 Å². The van der Waals surface area contributed by atoms with Crippen LogP contribution >= 0.6 is 0 Å². The molecule has 0 radical (unpaired) electrons. The summed E-state index contributed by atoms with van der Waals surface area (Å²) in [6, 6.07) is 0. The van der Waals surface area contributed by atoms with Gasteiger partial charge in [0.05, 0.1) is 0 Å². The molecule has 1 rings (SSSR count). The van der Waals surface area contributed by atoms with E-state index >= 15 is 0 Å². The van der Waals surface area contributed by atoms with Crippen LogP contribution in [0.4, 0.5) is 0 Å². The van der Waals surface area contributed by atoms with Gasteiger partial charge >= 0.3 is 0 Å². The first-order valence-electron chi connectivity index (χ1n) is 6.71. The van der Waals surface area contributed by atoms with Crippen molar-refractivity contribution in [3.63, 3.8) is 0 Å². The SMILES string of the molecule is CCC1(C(C)C)CCCCCCCC1. The van der Waals surface area contributed by atoms with Gasteiger partial charge in [0.1, 0.15) is 0 Å². The van der Waals surface area contributed by atoms with Gasteiger partial charge in [-0.25, -0.2) is 0 Å². The Hall–Kier alpha value is 0. The molecule has 0 atom stereocenters. The van der Waals surface area contributed by atoms with Gasteiger partial charge in [0.15, 0.2) is 0 Å². The first-order chi connectivity index (χ1) is 6.71. The average molecular weight is 196 g/mol. The van der Waals surface area contributed by atoms with Crippen LogP contribution in [0.1, 0.15) is 78.6 Å². The van der Waals surface area contributed by atoms with Crippen molar-refractivity contribution in [1.29, 1.82) is 0 Å². The molecular formula is C14H28. The Balaban J connectivity index is 2.59. The van der Waals surface area contributed by atoms with Crippen LogP contribution in [-0.4, -0.2) is 0 Å². The summed E-state index contributed by atoms with van der Waals surface area (Å²) in [7, 11) is 0. The Labute approximate surface area is 90.5 Å². The van der Waals surface area contributed by atoms with Crippen molar-refractivity contribution in [1.82, 2.24) is 0 Å². The second-order valence-corrected chi connectivity index (χ2v) is 5.49. The maximum Gasteiger partial charge on any atom is -0.0277 e. The molecular weight excluding hydrogens is 168 g/mol. The van der Waals surface area contributed by atoms with Gasteiger partial charge in [-0.1, -0.05) is 65.7 Å². The Kier molecular flexibility index (Phi) is 4.98. The first kappa shape index (κ1) is 12.1. The van der Waals surface area contributed by atoms with Crippen molar-refractivity contribution >= 4 is 0 Å². The molecule has 0 unspecified atom stereocenters. The predicted octanol–water partition coefficient (Wildman–Crippen LogP) is 5.17. The van der Waals surface area contributed by atoms with Crippen LogP contribution in [-0.2, 0) is 0 Å². The summed E-state index contributed by atoms with van der Waals surface area (Å²) in [5.41, 5.74) is 0.685. The molecule has 0 aliphatic heterocycles. The molecule has 1 saturated carbocycles. The summed E-state index contributed by atoms with van der Waals surface area (Å²) < 4.78 is 0. The highest BCUT2D eigenvalue weighted by atomic mass is 14.4. The van der Waals surface area contributed by atoms with Gasteiger partial charge in [0.2, 0.25) is 0 Å².